The first kappa shape index (κ1) is 11.7. The maximum absolute atomic E-state index is 6.03. The predicted octanol–water partition coefficient (Wildman–Crippen LogP) is 2.68. The van der Waals surface area contributed by atoms with Crippen molar-refractivity contribution in [2.75, 3.05) is 5.73 Å². The first-order valence-electron chi connectivity index (χ1n) is 6.28. The summed E-state index contributed by atoms with van der Waals surface area (Å²) >= 11 is 0. The third kappa shape index (κ3) is 2.05. The van der Waals surface area contributed by atoms with E-state index in [0.717, 1.165) is 27.9 Å². The number of hydrogen-bond donors (Lipinski definition) is 1. The van der Waals surface area contributed by atoms with E-state index in [1.165, 1.54) is 0 Å². The minimum Gasteiger partial charge on any atom is -0.369 e. The van der Waals surface area contributed by atoms with Gasteiger partial charge in [-0.2, -0.15) is 0 Å². The van der Waals surface area contributed by atoms with E-state index in [9.17, 15) is 0 Å². The van der Waals surface area contributed by atoms with Crippen LogP contribution in [-0.2, 0) is 6.54 Å². The Bertz CT molecular complexity index is 726. The normalized spacial score (nSPS) is 11.1. The first-order valence-corrected chi connectivity index (χ1v) is 6.28. The molecule has 2 aromatic heterocycles. The Morgan fingerprint density at radius 2 is 2.00 bits per heavy atom. The molecule has 0 fully saturated rings. The summed E-state index contributed by atoms with van der Waals surface area (Å²) < 4.78 is 2.02. The van der Waals surface area contributed by atoms with Gasteiger partial charge in [0.2, 0.25) is 5.95 Å². The average Bonchev–Trinajstić information content (AvgIpc) is 2.71. The van der Waals surface area contributed by atoms with Gasteiger partial charge >= 0.3 is 0 Å². The van der Waals surface area contributed by atoms with Crippen molar-refractivity contribution in [3.8, 4) is 0 Å². The smallest absolute Gasteiger partial charge is 0.201 e. The summed E-state index contributed by atoms with van der Waals surface area (Å²) in [6.07, 6.45) is 1.89. The fraction of sp³-hybridized carbons (Fsp3) is 0.200. The van der Waals surface area contributed by atoms with Crippen molar-refractivity contribution in [2.45, 2.75) is 20.4 Å². The van der Waals surface area contributed by atoms with Crippen LogP contribution in [-0.4, -0.2) is 14.5 Å². The Morgan fingerprint density at radius 1 is 1.16 bits per heavy atom. The van der Waals surface area contributed by atoms with Crippen LogP contribution < -0.4 is 5.73 Å². The van der Waals surface area contributed by atoms with Gasteiger partial charge in [0.1, 0.15) is 0 Å². The molecule has 3 aromatic rings. The summed E-state index contributed by atoms with van der Waals surface area (Å²) in [7, 11) is 0. The standard InChI is InChI=1S/C15H16N4/c1-10-4-3-5-13-14(10)18-15(16)19(13)9-12-7-6-11(2)17-8-12/h3-8H,9H2,1-2H3,(H2,16,18). The number of imidazole rings is 1. The number of aromatic nitrogens is 3. The lowest BCUT2D eigenvalue weighted by molar-refractivity contribution is 0.831. The molecule has 4 heteroatoms. The molecule has 0 saturated heterocycles. The van der Waals surface area contributed by atoms with E-state index < -0.39 is 0 Å². The highest BCUT2D eigenvalue weighted by atomic mass is 15.1. The largest absolute Gasteiger partial charge is 0.369 e. The summed E-state index contributed by atoms with van der Waals surface area (Å²) in [6.45, 7) is 4.72. The molecule has 2 heterocycles. The molecule has 0 amide bonds. The molecule has 96 valence electrons. The number of rotatable bonds is 2. The number of pyridine rings is 1. The number of anilines is 1. The van der Waals surface area contributed by atoms with Gasteiger partial charge in [0.25, 0.3) is 0 Å². The number of fused-ring (bicyclic) bond motifs is 1. The van der Waals surface area contributed by atoms with Crippen LogP contribution in [0.4, 0.5) is 5.95 Å². The molecule has 0 saturated carbocycles. The Balaban J connectivity index is 2.07. The summed E-state index contributed by atoms with van der Waals surface area (Å²) in [6, 6.07) is 10.2. The van der Waals surface area contributed by atoms with Gasteiger partial charge < -0.3 is 10.3 Å². The molecule has 3 rings (SSSR count). The van der Waals surface area contributed by atoms with Gasteiger partial charge in [-0.15, -0.1) is 0 Å². The topological polar surface area (TPSA) is 56.7 Å². The van der Waals surface area contributed by atoms with Crippen LogP contribution in [0.25, 0.3) is 11.0 Å². The second kappa shape index (κ2) is 4.39. The van der Waals surface area contributed by atoms with Gasteiger partial charge in [0, 0.05) is 11.9 Å². The molecule has 0 spiro atoms. The number of hydrogen-bond acceptors (Lipinski definition) is 3. The van der Waals surface area contributed by atoms with Gasteiger partial charge in [-0.3, -0.25) is 4.98 Å². The molecule has 0 unspecified atom stereocenters. The van der Waals surface area contributed by atoms with Crippen LogP contribution in [0.5, 0.6) is 0 Å². The lowest BCUT2D eigenvalue weighted by Crippen LogP contribution is -2.04. The van der Waals surface area contributed by atoms with Gasteiger partial charge in [-0.1, -0.05) is 18.2 Å². The van der Waals surface area contributed by atoms with Crippen LogP contribution in [0, 0.1) is 13.8 Å². The van der Waals surface area contributed by atoms with Crippen molar-refractivity contribution in [3.05, 3.63) is 53.3 Å². The molecule has 0 aliphatic carbocycles. The summed E-state index contributed by atoms with van der Waals surface area (Å²) in [5.74, 6) is 0.546. The zero-order chi connectivity index (χ0) is 13.4. The molecular formula is C15H16N4. The van der Waals surface area contributed by atoms with E-state index in [1.807, 2.05) is 48.9 Å². The molecular weight excluding hydrogens is 236 g/mol. The van der Waals surface area contributed by atoms with E-state index in [2.05, 4.69) is 16.0 Å². The highest BCUT2D eigenvalue weighted by Crippen LogP contribution is 2.21. The number of nitrogen functional groups attached to an aromatic ring is 1. The van der Waals surface area contributed by atoms with Crippen molar-refractivity contribution < 1.29 is 0 Å². The van der Waals surface area contributed by atoms with Gasteiger partial charge in [-0.25, -0.2) is 4.98 Å². The molecule has 2 N–H and O–H groups in total. The van der Waals surface area contributed by atoms with Crippen molar-refractivity contribution >= 4 is 17.0 Å². The van der Waals surface area contributed by atoms with Crippen LogP contribution in [0.1, 0.15) is 16.8 Å². The molecule has 1 aromatic carbocycles. The summed E-state index contributed by atoms with van der Waals surface area (Å²) in [5, 5.41) is 0. The van der Waals surface area contributed by atoms with Crippen molar-refractivity contribution in [2.24, 2.45) is 0 Å². The Morgan fingerprint density at radius 3 is 2.74 bits per heavy atom. The number of nitrogens with two attached hydrogens (primary N) is 1. The third-order valence-corrected chi connectivity index (χ3v) is 3.32. The Kier molecular flexibility index (Phi) is 2.71. The van der Waals surface area contributed by atoms with Crippen molar-refractivity contribution in [3.63, 3.8) is 0 Å². The Hall–Kier alpha value is -2.36. The van der Waals surface area contributed by atoms with Crippen LogP contribution in [0.2, 0.25) is 0 Å². The van der Waals surface area contributed by atoms with E-state index in [1.54, 1.807) is 0 Å². The van der Waals surface area contributed by atoms with E-state index >= 15 is 0 Å². The van der Waals surface area contributed by atoms with E-state index in [-0.39, 0.29) is 0 Å². The predicted molar refractivity (Wildman–Crippen MR) is 77.0 cm³/mol. The highest BCUT2D eigenvalue weighted by molar-refractivity contribution is 5.81. The minimum atomic E-state index is 0.546. The number of benzene rings is 1. The molecule has 19 heavy (non-hydrogen) atoms. The molecule has 0 aliphatic heterocycles. The van der Waals surface area contributed by atoms with Crippen molar-refractivity contribution in [1.82, 2.24) is 14.5 Å². The first-order chi connectivity index (χ1) is 9.15. The van der Waals surface area contributed by atoms with Crippen LogP contribution in [0.15, 0.2) is 36.5 Å². The van der Waals surface area contributed by atoms with Gasteiger partial charge in [-0.05, 0) is 37.1 Å². The van der Waals surface area contributed by atoms with E-state index in [0.29, 0.717) is 12.5 Å². The fourth-order valence-electron chi connectivity index (χ4n) is 2.25. The molecule has 0 aliphatic rings. The third-order valence-electron chi connectivity index (χ3n) is 3.32. The maximum Gasteiger partial charge on any atom is 0.201 e. The molecule has 0 atom stereocenters. The number of para-hydroxylation sites is 1. The SMILES string of the molecule is Cc1ccc(Cn2c(N)nc3c(C)cccc32)cn1. The second-order valence-electron chi connectivity index (χ2n) is 4.81. The summed E-state index contributed by atoms with van der Waals surface area (Å²) in [5.41, 5.74) is 11.4. The van der Waals surface area contributed by atoms with Gasteiger partial charge in [0.05, 0.1) is 17.6 Å². The maximum atomic E-state index is 6.03. The Labute approximate surface area is 111 Å². The minimum absolute atomic E-state index is 0.546. The van der Waals surface area contributed by atoms with Gasteiger partial charge in [0.15, 0.2) is 0 Å². The lowest BCUT2D eigenvalue weighted by Gasteiger charge is -2.06. The zero-order valence-electron chi connectivity index (χ0n) is 11.1. The van der Waals surface area contributed by atoms with Crippen LogP contribution >= 0.6 is 0 Å². The number of aryl methyl sites for hydroxylation is 2. The van der Waals surface area contributed by atoms with Crippen LogP contribution in [0.3, 0.4) is 0 Å². The highest BCUT2D eigenvalue weighted by Gasteiger charge is 2.09. The molecule has 0 radical (unpaired) electrons. The average molecular weight is 252 g/mol. The van der Waals surface area contributed by atoms with Crippen molar-refractivity contribution in [1.29, 1.82) is 0 Å². The number of nitrogens with zero attached hydrogens (tertiary/aromatic N) is 3. The van der Waals surface area contributed by atoms with E-state index in [4.69, 9.17) is 5.73 Å². The fourth-order valence-corrected chi connectivity index (χ4v) is 2.25. The summed E-state index contributed by atoms with van der Waals surface area (Å²) in [4.78, 5) is 8.76. The molecule has 0 bridgehead atoms. The second-order valence-corrected chi connectivity index (χ2v) is 4.81. The monoisotopic (exact) mass is 252 g/mol. The zero-order valence-corrected chi connectivity index (χ0v) is 11.1. The quantitative estimate of drug-likeness (QED) is 0.763. The lowest BCUT2D eigenvalue weighted by atomic mass is 10.2. The molecule has 4 nitrogen and oxygen atoms in total.